The molecule has 1 aromatic heterocycles. The van der Waals surface area contributed by atoms with Crippen molar-refractivity contribution >= 4 is 20.1 Å². The van der Waals surface area contributed by atoms with Gasteiger partial charge in [-0.05, 0) is 54.6 Å². The van der Waals surface area contributed by atoms with Crippen molar-refractivity contribution < 1.29 is 4.43 Å². The summed E-state index contributed by atoms with van der Waals surface area (Å²) in [4.78, 5) is 0. The molecular weight excluding hydrogens is 466 g/mol. The molecule has 2 aliphatic rings. The van der Waals surface area contributed by atoms with Gasteiger partial charge in [-0.2, -0.15) is 11.8 Å². The Balaban J connectivity index is 1.36. The van der Waals surface area contributed by atoms with E-state index in [1.165, 1.54) is 16.7 Å². The lowest BCUT2D eigenvalue weighted by atomic mass is 9.92. The van der Waals surface area contributed by atoms with E-state index in [-0.39, 0.29) is 15.2 Å². The quantitative estimate of drug-likeness (QED) is 0.335. The smallest absolute Gasteiger partial charge is 0.192 e. The molecule has 2 aromatic carbocycles. The van der Waals surface area contributed by atoms with Crippen LogP contribution in [0.5, 0.6) is 0 Å². The van der Waals surface area contributed by atoms with Gasteiger partial charge in [0.25, 0.3) is 0 Å². The maximum Gasteiger partial charge on any atom is 0.192 e. The van der Waals surface area contributed by atoms with Crippen LogP contribution >= 0.6 is 11.8 Å². The summed E-state index contributed by atoms with van der Waals surface area (Å²) in [5.74, 6) is 3.35. The van der Waals surface area contributed by atoms with Crippen LogP contribution in [0.4, 0.5) is 0 Å². The molecule has 186 valence electrons. The molecule has 3 aromatic rings. The van der Waals surface area contributed by atoms with Crippen LogP contribution in [0.25, 0.3) is 11.1 Å². The molecule has 1 unspecified atom stereocenters. The van der Waals surface area contributed by atoms with Crippen molar-refractivity contribution in [1.82, 2.24) is 14.8 Å². The number of aromatic nitrogens is 3. The molecular formula is C29H39N3OSSi. The minimum Gasteiger partial charge on any atom is -0.415 e. The molecule has 0 radical (unpaired) electrons. The molecule has 1 atom stereocenters. The Morgan fingerprint density at radius 1 is 0.971 bits per heavy atom. The van der Waals surface area contributed by atoms with E-state index in [1.54, 1.807) is 0 Å². The van der Waals surface area contributed by atoms with Crippen LogP contribution in [0.15, 0.2) is 54.6 Å². The van der Waals surface area contributed by atoms with Crippen LogP contribution in [0, 0.1) is 0 Å². The summed E-state index contributed by atoms with van der Waals surface area (Å²) in [6.07, 6.45) is 3.20. The minimum absolute atomic E-state index is 0.0174. The second-order valence-corrected chi connectivity index (χ2v) is 18.6. The van der Waals surface area contributed by atoms with Gasteiger partial charge in [0.1, 0.15) is 11.6 Å². The maximum atomic E-state index is 6.67. The predicted octanol–water partition coefficient (Wildman–Crippen LogP) is 7.09. The molecule has 1 fully saturated rings. The number of rotatable bonds is 6. The molecule has 0 amide bonds. The average molecular weight is 506 g/mol. The van der Waals surface area contributed by atoms with E-state index in [9.17, 15) is 0 Å². The van der Waals surface area contributed by atoms with Gasteiger partial charge >= 0.3 is 0 Å². The first kappa shape index (κ1) is 24.8. The number of benzene rings is 2. The fraction of sp³-hybridized carbons (Fsp3) is 0.517. The lowest BCUT2D eigenvalue weighted by Gasteiger charge is -2.39. The largest absolute Gasteiger partial charge is 0.415 e. The number of hydrogen-bond donors (Lipinski definition) is 0. The van der Waals surface area contributed by atoms with Gasteiger partial charge in [-0.1, -0.05) is 75.4 Å². The molecule has 2 heterocycles. The van der Waals surface area contributed by atoms with E-state index in [0.29, 0.717) is 0 Å². The summed E-state index contributed by atoms with van der Waals surface area (Å²) in [6.45, 7) is 15.7. The molecule has 5 rings (SSSR count). The maximum absolute atomic E-state index is 6.67. The van der Waals surface area contributed by atoms with Gasteiger partial charge in [-0.15, -0.1) is 10.2 Å². The summed E-state index contributed by atoms with van der Waals surface area (Å²) >= 11 is 2.04. The zero-order chi connectivity index (χ0) is 24.9. The Morgan fingerprint density at radius 3 is 2.26 bits per heavy atom. The Labute approximate surface area is 216 Å². The molecule has 1 aliphatic carbocycles. The third-order valence-electron chi connectivity index (χ3n) is 8.39. The van der Waals surface area contributed by atoms with Gasteiger partial charge in [0.05, 0.1) is 5.41 Å². The Kier molecular flexibility index (Phi) is 6.30. The topological polar surface area (TPSA) is 39.9 Å². The van der Waals surface area contributed by atoms with E-state index >= 15 is 0 Å². The molecule has 1 aliphatic heterocycles. The first-order chi connectivity index (χ1) is 16.5. The number of nitrogens with zero attached hydrogens (tertiary/aromatic N) is 3. The lowest BCUT2D eigenvalue weighted by molar-refractivity contribution is 0.252. The molecule has 0 N–H and O–H groups in total. The molecule has 0 spiro atoms. The highest BCUT2D eigenvalue weighted by molar-refractivity contribution is 8.00. The number of thioether (sulfide) groups is 1. The predicted molar refractivity (Wildman–Crippen MR) is 150 cm³/mol. The monoisotopic (exact) mass is 505 g/mol. The average Bonchev–Trinajstić information content (AvgIpc) is 3.57. The zero-order valence-corrected chi connectivity index (χ0v) is 23.9. The Hall–Kier alpha value is -1.89. The SMILES string of the molecule is CC1(CO[Si](C)(C)C(C)(C)C)Cc2nnc(C3(c4ccc(-c5ccccc5)cc4)CC3)n2CCS1. The third-order valence-corrected chi connectivity index (χ3v) is 14.2. The van der Waals surface area contributed by atoms with Crippen LogP contribution in [-0.2, 0) is 22.8 Å². The summed E-state index contributed by atoms with van der Waals surface area (Å²) in [5, 5.41) is 9.80. The van der Waals surface area contributed by atoms with Gasteiger partial charge in [0.15, 0.2) is 8.32 Å². The van der Waals surface area contributed by atoms with Gasteiger partial charge in [0.2, 0.25) is 0 Å². The summed E-state index contributed by atoms with van der Waals surface area (Å²) < 4.78 is 9.13. The second kappa shape index (κ2) is 8.89. The van der Waals surface area contributed by atoms with Crippen molar-refractivity contribution in [3.05, 3.63) is 71.8 Å². The molecule has 35 heavy (non-hydrogen) atoms. The van der Waals surface area contributed by atoms with E-state index in [0.717, 1.165) is 49.8 Å². The Bertz CT molecular complexity index is 1180. The molecule has 1 saturated carbocycles. The fourth-order valence-electron chi connectivity index (χ4n) is 4.84. The van der Waals surface area contributed by atoms with Gasteiger partial charge < -0.3 is 8.99 Å². The first-order valence-electron chi connectivity index (χ1n) is 12.9. The van der Waals surface area contributed by atoms with E-state index in [4.69, 9.17) is 14.6 Å². The van der Waals surface area contributed by atoms with Gasteiger partial charge in [-0.25, -0.2) is 0 Å². The highest BCUT2D eigenvalue weighted by Crippen LogP contribution is 2.53. The third kappa shape index (κ3) is 4.77. The first-order valence-corrected chi connectivity index (χ1v) is 16.8. The zero-order valence-electron chi connectivity index (χ0n) is 22.1. The van der Waals surface area contributed by atoms with E-state index in [2.05, 4.69) is 100.0 Å². The standard InChI is InChI=1S/C29H39N3OSSi/c1-27(2,3)35(5,6)33-21-28(4)20-25-30-31-26(32(25)18-19-34-28)29(16-17-29)24-14-12-23(13-15-24)22-10-8-7-9-11-22/h7-15H,16-21H2,1-6H3. The summed E-state index contributed by atoms with van der Waals surface area (Å²) in [6, 6.07) is 19.7. The molecule has 0 saturated heterocycles. The van der Waals surface area contributed by atoms with E-state index in [1.807, 2.05) is 11.8 Å². The van der Waals surface area contributed by atoms with Crippen molar-refractivity contribution in [3.8, 4) is 11.1 Å². The minimum atomic E-state index is -1.79. The summed E-state index contributed by atoms with van der Waals surface area (Å²) in [7, 11) is -1.79. The van der Waals surface area contributed by atoms with Crippen molar-refractivity contribution in [2.24, 2.45) is 0 Å². The van der Waals surface area contributed by atoms with Crippen molar-refractivity contribution in [1.29, 1.82) is 0 Å². The van der Waals surface area contributed by atoms with Crippen molar-refractivity contribution in [2.75, 3.05) is 12.4 Å². The van der Waals surface area contributed by atoms with Gasteiger partial charge in [-0.3, -0.25) is 0 Å². The van der Waals surface area contributed by atoms with Crippen LogP contribution in [0.1, 0.15) is 57.7 Å². The number of hydrogen-bond acceptors (Lipinski definition) is 4. The summed E-state index contributed by atoms with van der Waals surface area (Å²) in [5.41, 5.74) is 3.91. The van der Waals surface area contributed by atoms with Crippen molar-refractivity contribution in [2.45, 2.75) is 81.8 Å². The highest BCUT2D eigenvalue weighted by atomic mass is 32.2. The number of fused-ring (bicyclic) bond motifs is 1. The fourth-order valence-corrected chi connectivity index (χ4v) is 7.20. The second-order valence-electron chi connectivity index (χ2n) is 12.1. The van der Waals surface area contributed by atoms with Crippen LogP contribution in [0.2, 0.25) is 18.1 Å². The molecule has 6 heteroatoms. The molecule has 4 nitrogen and oxygen atoms in total. The van der Waals surface area contributed by atoms with Gasteiger partial charge in [0, 0.05) is 30.1 Å². The Morgan fingerprint density at radius 2 is 1.63 bits per heavy atom. The van der Waals surface area contributed by atoms with Crippen LogP contribution in [0.3, 0.4) is 0 Å². The van der Waals surface area contributed by atoms with E-state index < -0.39 is 8.32 Å². The highest BCUT2D eigenvalue weighted by Gasteiger charge is 2.51. The van der Waals surface area contributed by atoms with Crippen LogP contribution < -0.4 is 0 Å². The van der Waals surface area contributed by atoms with Crippen molar-refractivity contribution in [3.63, 3.8) is 0 Å². The molecule has 0 bridgehead atoms. The lowest BCUT2D eigenvalue weighted by Crippen LogP contribution is -2.45. The van der Waals surface area contributed by atoms with Crippen LogP contribution in [-0.4, -0.2) is 40.2 Å². The normalized spacial score (nSPS) is 21.9.